The van der Waals surface area contributed by atoms with E-state index in [2.05, 4.69) is 4.74 Å². The zero-order chi connectivity index (χ0) is 33.5. The highest BCUT2D eigenvalue weighted by Crippen LogP contribution is 2.50. The second-order valence-electron chi connectivity index (χ2n) is 12.6. The summed E-state index contributed by atoms with van der Waals surface area (Å²) in [7, 11) is 0. The molecule has 0 spiro atoms. The van der Waals surface area contributed by atoms with E-state index >= 15 is 8.78 Å². The molecule has 1 aliphatic heterocycles. The minimum Gasteiger partial charge on any atom is -0.493 e. The number of rotatable bonds is 17. The van der Waals surface area contributed by atoms with Crippen molar-refractivity contribution >= 4 is 11.5 Å². The van der Waals surface area contributed by atoms with Crippen molar-refractivity contribution in [1.29, 1.82) is 0 Å². The molecule has 2 aliphatic rings. The van der Waals surface area contributed by atoms with Crippen molar-refractivity contribution in [2.24, 2.45) is 0 Å². The van der Waals surface area contributed by atoms with E-state index in [0.717, 1.165) is 22.3 Å². The van der Waals surface area contributed by atoms with Crippen LogP contribution in [0.15, 0.2) is 42.0 Å². The molecule has 0 aromatic heterocycles. The molecule has 1 heterocycles. The first-order chi connectivity index (χ1) is 21.8. The minimum absolute atomic E-state index is 0.0215. The summed E-state index contributed by atoms with van der Waals surface area (Å²) < 4.78 is 94.2. The third kappa shape index (κ3) is 9.51. The molecular formula is C35H44F5NO5. The summed E-state index contributed by atoms with van der Waals surface area (Å²) in [5.74, 6) is -5.41. The number of carbonyl (C=O) groups excluding carboxylic acids is 1. The maximum Gasteiger partial charge on any atom is 0.332 e. The molecule has 0 amide bonds. The number of ether oxygens (including phenoxy) is 4. The number of esters is 1. The van der Waals surface area contributed by atoms with Crippen molar-refractivity contribution in [3.63, 3.8) is 0 Å². The Hall–Kier alpha value is -3.02. The van der Waals surface area contributed by atoms with Crippen LogP contribution in [0.5, 0.6) is 5.75 Å². The van der Waals surface area contributed by atoms with Gasteiger partial charge in [-0.3, -0.25) is 4.90 Å². The van der Waals surface area contributed by atoms with Gasteiger partial charge >= 0.3 is 5.97 Å². The molecule has 4 rings (SSSR count). The SMILES string of the molecule is CCOC(=O)COCC(F)(F)COCCCCCOc1cc(F)c([C@@H]2C3=C(C[C@@H](C)N2CC(C)(C)F)c2ccccc2C3)c(F)c1. The molecule has 0 saturated heterocycles. The fourth-order valence-electron chi connectivity index (χ4n) is 6.17. The van der Waals surface area contributed by atoms with Crippen molar-refractivity contribution in [2.45, 2.75) is 83.5 Å². The number of carbonyl (C=O) groups is 1. The lowest BCUT2D eigenvalue weighted by Gasteiger charge is -2.44. The molecule has 2 aromatic rings. The van der Waals surface area contributed by atoms with E-state index in [0.29, 0.717) is 32.1 Å². The molecule has 0 saturated carbocycles. The van der Waals surface area contributed by atoms with E-state index in [1.165, 1.54) is 26.0 Å². The first-order valence-corrected chi connectivity index (χ1v) is 15.8. The average molecular weight is 654 g/mol. The van der Waals surface area contributed by atoms with Gasteiger partial charge in [-0.2, -0.15) is 0 Å². The van der Waals surface area contributed by atoms with E-state index < -0.39 is 55.1 Å². The van der Waals surface area contributed by atoms with Gasteiger partial charge in [0.25, 0.3) is 5.92 Å². The molecular weight excluding hydrogens is 609 g/mol. The topological polar surface area (TPSA) is 57.2 Å². The van der Waals surface area contributed by atoms with Crippen molar-refractivity contribution in [3.05, 3.63) is 70.3 Å². The van der Waals surface area contributed by atoms with Gasteiger partial charge in [-0.25, -0.2) is 26.7 Å². The largest absolute Gasteiger partial charge is 0.493 e. The summed E-state index contributed by atoms with van der Waals surface area (Å²) >= 11 is 0. The molecule has 6 nitrogen and oxygen atoms in total. The van der Waals surface area contributed by atoms with Crippen LogP contribution >= 0.6 is 0 Å². The predicted octanol–water partition coefficient (Wildman–Crippen LogP) is 7.64. The Bertz CT molecular complexity index is 1350. The van der Waals surface area contributed by atoms with Gasteiger partial charge < -0.3 is 18.9 Å². The molecule has 0 bridgehead atoms. The number of halogens is 5. The summed E-state index contributed by atoms with van der Waals surface area (Å²) in [4.78, 5) is 13.0. The average Bonchev–Trinajstić information content (AvgIpc) is 3.33. The van der Waals surface area contributed by atoms with Crippen molar-refractivity contribution in [3.8, 4) is 5.75 Å². The fraction of sp³-hybridized carbons (Fsp3) is 0.571. The third-order valence-electron chi connectivity index (χ3n) is 8.08. The first-order valence-electron chi connectivity index (χ1n) is 15.8. The maximum atomic E-state index is 15.8. The molecule has 0 radical (unpaired) electrons. The molecule has 1 aliphatic carbocycles. The van der Waals surface area contributed by atoms with E-state index in [9.17, 15) is 18.0 Å². The van der Waals surface area contributed by atoms with Gasteiger partial charge in [0.1, 0.15) is 42.9 Å². The third-order valence-corrected chi connectivity index (χ3v) is 8.08. The predicted molar refractivity (Wildman–Crippen MR) is 165 cm³/mol. The molecule has 254 valence electrons. The zero-order valence-electron chi connectivity index (χ0n) is 27.0. The molecule has 46 heavy (non-hydrogen) atoms. The monoisotopic (exact) mass is 653 g/mol. The Labute approximate surface area is 267 Å². The molecule has 11 heteroatoms. The number of fused-ring (bicyclic) bond motifs is 2. The minimum atomic E-state index is -3.25. The summed E-state index contributed by atoms with van der Waals surface area (Å²) in [6, 6.07) is 9.42. The van der Waals surface area contributed by atoms with Crippen LogP contribution in [0.2, 0.25) is 0 Å². The smallest absolute Gasteiger partial charge is 0.332 e. The lowest BCUT2D eigenvalue weighted by atomic mass is 9.84. The van der Waals surface area contributed by atoms with Gasteiger partial charge in [0.15, 0.2) is 0 Å². The Morgan fingerprint density at radius 2 is 1.65 bits per heavy atom. The van der Waals surface area contributed by atoms with Crippen LogP contribution in [0, 0.1) is 11.6 Å². The Morgan fingerprint density at radius 3 is 2.35 bits per heavy atom. The van der Waals surface area contributed by atoms with Gasteiger partial charge in [0.2, 0.25) is 0 Å². The molecule has 2 aromatic carbocycles. The number of nitrogens with zero attached hydrogens (tertiary/aromatic N) is 1. The van der Waals surface area contributed by atoms with Crippen LogP contribution in [0.25, 0.3) is 5.57 Å². The van der Waals surface area contributed by atoms with Crippen molar-refractivity contribution in [1.82, 2.24) is 4.90 Å². The van der Waals surface area contributed by atoms with Gasteiger partial charge in [-0.15, -0.1) is 0 Å². The van der Waals surface area contributed by atoms with Crippen LogP contribution in [-0.4, -0.2) is 74.7 Å². The van der Waals surface area contributed by atoms with Crippen LogP contribution in [0.3, 0.4) is 0 Å². The number of hydrogen-bond donors (Lipinski definition) is 0. The quantitative estimate of drug-likeness (QED) is 0.0994. The summed E-state index contributed by atoms with van der Waals surface area (Å²) in [5, 5.41) is 0. The van der Waals surface area contributed by atoms with E-state index in [4.69, 9.17) is 14.2 Å². The van der Waals surface area contributed by atoms with E-state index in [1.807, 2.05) is 36.1 Å². The Morgan fingerprint density at radius 1 is 0.978 bits per heavy atom. The highest BCUT2D eigenvalue weighted by molar-refractivity contribution is 5.79. The van der Waals surface area contributed by atoms with Crippen LogP contribution in [-0.2, 0) is 25.4 Å². The van der Waals surface area contributed by atoms with Crippen molar-refractivity contribution in [2.75, 3.05) is 46.2 Å². The standard InChI is InChI=1S/C35H44F5NO5/c1-5-45-31(42)19-44-22-35(39,40)21-43-13-9-6-10-14-46-25-17-29(36)32(30(37)18-25)33-28-16-24-11-7-8-12-26(24)27(28)15-23(2)41(33)20-34(3,4)38/h7-8,11-12,17-18,23,33H,5-6,9-10,13-16,19-22H2,1-4H3/t23-,33+/m1/s1. The number of unbranched alkanes of at least 4 members (excludes halogenated alkanes) is 2. The number of hydrogen-bond acceptors (Lipinski definition) is 6. The normalized spacial score (nSPS) is 18.5. The molecule has 2 atom stereocenters. The first kappa shape index (κ1) is 35.8. The van der Waals surface area contributed by atoms with Gasteiger partial charge in [0.05, 0.1) is 19.3 Å². The maximum absolute atomic E-state index is 15.8. The summed E-state index contributed by atoms with van der Waals surface area (Å²) in [5.41, 5.74) is 2.50. The molecule has 0 N–H and O–H groups in total. The fourth-order valence-corrected chi connectivity index (χ4v) is 6.17. The summed E-state index contributed by atoms with van der Waals surface area (Å²) in [6.07, 6.45) is 2.79. The second kappa shape index (κ2) is 15.7. The molecule has 0 fully saturated rings. The Balaban J connectivity index is 1.31. The highest BCUT2D eigenvalue weighted by Gasteiger charge is 2.43. The number of benzene rings is 2. The van der Waals surface area contributed by atoms with Crippen LogP contribution < -0.4 is 4.74 Å². The van der Waals surface area contributed by atoms with Gasteiger partial charge in [-0.05, 0) is 82.1 Å². The lowest BCUT2D eigenvalue weighted by molar-refractivity contribution is -0.157. The molecule has 0 unspecified atom stereocenters. The van der Waals surface area contributed by atoms with E-state index in [1.54, 1.807) is 6.92 Å². The Kier molecular flexibility index (Phi) is 12.2. The van der Waals surface area contributed by atoms with Gasteiger partial charge in [0, 0.05) is 36.9 Å². The zero-order valence-corrected chi connectivity index (χ0v) is 27.0. The van der Waals surface area contributed by atoms with Crippen molar-refractivity contribution < 1.29 is 45.7 Å². The van der Waals surface area contributed by atoms with Gasteiger partial charge in [-0.1, -0.05) is 24.3 Å². The van der Waals surface area contributed by atoms with Crippen LogP contribution in [0.1, 0.15) is 76.1 Å². The van der Waals surface area contributed by atoms with E-state index in [-0.39, 0.29) is 43.7 Å². The summed E-state index contributed by atoms with van der Waals surface area (Å²) in [6.45, 7) is 4.58. The lowest BCUT2D eigenvalue weighted by Crippen LogP contribution is -2.47. The van der Waals surface area contributed by atoms with Crippen LogP contribution in [0.4, 0.5) is 22.0 Å². The second-order valence-corrected chi connectivity index (χ2v) is 12.6. The highest BCUT2D eigenvalue weighted by atomic mass is 19.3. The number of alkyl halides is 3.